The van der Waals surface area contributed by atoms with Gasteiger partial charge in [-0.25, -0.2) is 8.42 Å². The highest BCUT2D eigenvalue weighted by atomic mass is 32.2. The molecule has 8 nitrogen and oxygen atoms in total. The molecular weight excluding hydrogens is 404 g/mol. The zero-order chi connectivity index (χ0) is 21.3. The number of carbonyl (C=O) groups excluding carboxylic acids is 1. The molecule has 0 radical (unpaired) electrons. The Labute approximate surface area is 177 Å². The molecule has 0 saturated carbocycles. The van der Waals surface area contributed by atoms with Crippen LogP contribution in [0.2, 0.25) is 0 Å². The Bertz CT molecular complexity index is 1010. The smallest absolute Gasteiger partial charge is 0.248 e. The van der Waals surface area contributed by atoms with Gasteiger partial charge < -0.3 is 14.7 Å². The monoisotopic (exact) mass is 432 g/mol. The standard InChI is InChI=1S/C21H28N4O4S/c1-15-20(16(2)29-23-15)30(27,28)25-13-7-8-17(14-25)21(26)22-18-9-3-4-10-19(18)24-11-5-6-12-24/h3-4,9-10,17H,5-8,11-14H2,1-2H3,(H,22,26). The van der Waals surface area contributed by atoms with Gasteiger partial charge in [-0.15, -0.1) is 0 Å². The SMILES string of the molecule is Cc1noc(C)c1S(=O)(=O)N1CCCC(C(=O)Nc2ccccc2N2CCCC2)C1. The Hall–Kier alpha value is -2.39. The number of anilines is 2. The van der Waals surface area contributed by atoms with Crippen LogP contribution in [0.3, 0.4) is 0 Å². The predicted molar refractivity (Wildman–Crippen MR) is 114 cm³/mol. The van der Waals surface area contributed by atoms with Crippen molar-refractivity contribution in [2.75, 3.05) is 36.4 Å². The summed E-state index contributed by atoms with van der Waals surface area (Å²) in [6.45, 7) is 5.73. The molecule has 4 rings (SSSR count). The van der Waals surface area contributed by atoms with Gasteiger partial charge in [0.1, 0.15) is 10.6 Å². The molecule has 2 aromatic rings. The topological polar surface area (TPSA) is 95.8 Å². The lowest BCUT2D eigenvalue weighted by molar-refractivity contribution is -0.120. The molecule has 2 fully saturated rings. The number of nitrogens with one attached hydrogen (secondary N) is 1. The van der Waals surface area contributed by atoms with Crippen molar-refractivity contribution >= 4 is 27.3 Å². The number of sulfonamides is 1. The normalized spacial score (nSPS) is 20.5. The Morgan fingerprint density at radius 3 is 2.57 bits per heavy atom. The average molecular weight is 433 g/mol. The van der Waals surface area contributed by atoms with Crippen LogP contribution in [0.1, 0.15) is 37.1 Å². The van der Waals surface area contributed by atoms with E-state index in [2.05, 4.69) is 15.4 Å². The van der Waals surface area contributed by atoms with Gasteiger partial charge in [0.15, 0.2) is 5.76 Å². The van der Waals surface area contributed by atoms with Crippen molar-refractivity contribution in [3.63, 3.8) is 0 Å². The molecule has 2 saturated heterocycles. The van der Waals surface area contributed by atoms with Crippen LogP contribution in [0.15, 0.2) is 33.7 Å². The molecule has 0 bridgehead atoms. The first-order chi connectivity index (χ1) is 14.4. The van der Waals surface area contributed by atoms with Crippen molar-refractivity contribution in [3.05, 3.63) is 35.7 Å². The molecule has 9 heteroatoms. The summed E-state index contributed by atoms with van der Waals surface area (Å²) in [5, 5.41) is 6.82. The van der Waals surface area contributed by atoms with Gasteiger partial charge in [0, 0.05) is 26.2 Å². The molecule has 2 aliphatic heterocycles. The average Bonchev–Trinajstić information content (AvgIpc) is 3.38. The number of aryl methyl sites for hydroxylation is 2. The summed E-state index contributed by atoms with van der Waals surface area (Å²) in [7, 11) is -3.75. The highest BCUT2D eigenvalue weighted by Gasteiger charge is 2.36. The third-order valence-corrected chi connectivity index (χ3v) is 8.04. The Balaban J connectivity index is 1.50. The second-order valence-electron chi connectivity index (χ2n) is 8.06. The van der Waals surface area contributed by atoms with Crippen molar-refractivity contribution < 1.29 is 17.7 Å². The van der Waals surface area contributed by atoms with Crippen LogP contribution < -0.4 is 10.2 Å². The lowest BCUT2D eigenvalue weighted by atomic mass is 9.98. The zero-order valence-electron chi connectivity index (χ0n) is 17.4. The Morgan fingerprint density at radius 1 is 1.13 bits per heavy atom. The van der Waals surface area contributed by atoms with Crippen molar-refractivity contribution in [1.29, 1.82) is 0 Å². The summed E-state index contributed by atoms with van der Waals surface area (Å²) in [4.78, 5) is 15.4. The number of amides is 1. The molecule has 30 heavy (non-hydrogen) atoms. The van der Waals surface area contributed by atoms with E-state index in [1.807, 2.05) is 24.3 Å². The lowest BCUT2D eigenvalue weighted by Gasteiger charge is -2.31. The predicted octanol–water partition coefficient (Wildman–Crippen LogP) is 2.93. The molecular formula is C21H28N4O4S. The summed E-state index contributed by atoms with van der Waals surface area (Å²) >= 11 is 0. The van der Waals surface area contributed by atoms with E-state index < -0.39 is 15.9 Å². The summed E-state index contributed by atoms with van der Waals surface area (Å²) < 4.78 is 32.7. The van der Waals surface area contributed by atoms with Gasteiger partial charge in [-0.1, -0.05) is 17.3 Å². The fourth-order valence-electron chi connectivity index (χ4n) is 4.39. The summed E-state index contributed by atoms with van der Waals surface area (Å²) in [6.07, 6.45) is 3.60. The second kappa shape index (κ2) is 8.39. The van der Waals surface area contributed by atoms with Gasteiger partial charge in [-0.3, -0.25) is 4.79 Å². The molecule has 1 amide bonds. The number of nitrogens with zero attached hydrogens (tertiary/aromatic N) is 3. The first-order valence-electron chi connectivity index (χ1n) is 10.5. The van der Waals surface area contributed by atoms with Crippen LogP contribution in [0.4, 0.5) is 11.4 Å². The number of benzene rings is 1. The number of piperidine rings is 1. The van der Waals surface area contributed by atoms with Crippen LogP contribution in [-0.2, 0) is 14.8 Å². The first kappa shape index (κ1) is 20.9. The van der Waals surface area contributed by atoms with Gasteiger partial charge >= 0.3 is 0 Å². The van der Waals surface area contributed by atoms with Gasteiger partial charge in [-0.2, -0.15) is 4.31 Å². The van der Waals surface area contributed by atoms with Crippen LogP contribution >= 0.6 is 0 Å². The summed E-state index contributed by atoms with van der Waals surface area (Å²) in [6, 6.07) is 7.81. The number of rotatable bonds is 5. The van der Waals surface area contributed by atoms with Crippen molar-refractivity contribution in [2.24, 2.45) is 5.92 Å². The van der Waals surface area contributed by atoms with E-state index in [9.17, 15) is 13.2 Å². The van der Waals surface area contributed by atoms with Crippen molar-refractivity contribution in [3.8, 4) is 0 Å². The van der Waals surface area contributed by atoms with Crippen LogP contribution in [0.25, 0.3) is 0 Å². The summed E-state index contributed by atoms with van der Waals surface area (Å²) in [5.74, 6) is -0.264. The van der Waals surface area contributed by atoms with E-state index in [1.54, 1.807) is 13.8 Å². The van der Waals surface area contributed by atoms with Crippen LogP contribution in [0, 0.1) is 19.8 Å². The first-order valence-corrected chi connectivity index (χ1v) is 11.9. The molecule has 2 aliphatic rings. The number of carbonyl (C=O) groups is 1. The number of hydrogen-bond donors (Lipinski definition) is 1. The van der Waals surface area contributed by atoms with E-state index in [0.29, 0.717) is 25.1 Å². The molecule has 1 aromatic carbocycles. The maximum absolute atomic E-state index is 13.1. The van der Waals surface area contributed by atoms with Gasteiger partial charge in [-0.05, 0) is 51.7 Å². The largest absolute Gasteiger partial charge is 0.370 e. The van der Waals surface area contributed by atoms with E-state index in [4.69, 9.17) is 4.52 Å². The molecule has 0 spiro atoms. The maximum atomic E-state index is 13.1. The fourth-order valence-corrected chi connectivity index (χ4v) is 6.21. The number of hydrogen-bond acceptors (Lipinski definition) is 6. The highest BCUT2D eigenvalue weighted by molar-refractivity contribution is 7.89. The minimum atomic E-state index is -3.75. The molecule has 162 valence electrons. The van der Waals surface area contributed by atoms with Gasteiger partial charge in [0.2, 0.25) is 15.9 Å². The van der Waals surface area contributed by atoms with E-state index >= 15 is 0 Å². The fraction of sp³-hybridized carbons (Fsp3) is 0.524. The van der Waals surface area contributed by atoms with Gasteiger partial charge in [0.05, 0.1) is 17.3 Å². The highest BCUT2D eigenvalue weighted by Crippen LogP contribution is 2.31. The van der Waals surface area contributed by atoms with Crippen molar-refractivity contribution in [1.82, 2.24) is 9.46 Å². The van der Waals surface area contributed by atoms with Crippen LogP contribution in [0.5, 0.6) is 0 Å². The maximum Gasteiger partial charge on any atom is 0.248 e. The molecule has 0 aliphatic carbocycles. The minimum absolute atomic E-state index is 0.114. The Morgan fingerprint density at radius 2 is 1.87 bits per heavy atom. The summed E-state index contributed by atoms with van der Waals surface area (Å²) in [5.41, 5.74) is 2.16. The zero-order valence-corrected chi connectivity index (χ0v) is 18.2. The van der Waals surface area contributed by atoms with Crippen molar-refractivity contribution in [2.45, 2.75) is 44.4 Å². The Kier molecular flexibility index (Phi) is 5.84. The molecule has 3 heterocycles. The minimum Gasteiger partial charge on any atom is -0.370 e. The lowest BCUT2D eigenvalue weighted by Crippen LogP contribution is -2.44. The van der Waals surface area contributed by atoms with Crippen LogP contribution in [-0.4, -0.2) is 50.0 Å². The van der Waals surface area contributed by atoms with E-state index in [1.165, 1.54) is 4.31 Å². The molecule has 1 unspecified atom stereocenters. The van der Waals surface area contributed by atoms with E-state index in [0.717, 1.165) is 37.3 Å². The van der Waals surface area contributed by atoms with E-state index in [-0.39, 0.29) is 23.1 Å². The number of aromatic nitrogens is 1. The third-order valence-electron chi connectivity index (χ3n) is 5.93. The third kappa shape index (κ3) is 3.96. The number of para-hydroxylation sites is 2. The molecule has 1 aromatic heterocycles. The van der Waals surface area contributed by atoms with Gasteiger partial charge in [0.25, 0.3) is 0 Å². The quantitative estimate of drug-likeness (QED) is 0.780. The molecule has 1 N–H and O–H groups in total. The molecule has 1 atom stereocenters. The second-order valence-corrected chi connectivity index (χ2v) is 9.93.